The number of hydrogen-bond acceptors (Lipinski definition) is 3. The van der Waals surface area contributed by atoms with E-state index in [4.69, 9.17) is 0 Å². The molecule has 1 aromatic carbocycles. The normalized spacial score (nSPS) is 10.6. The molecule has 0 aliphatic heterocycles. The minimum atomic E-state index is 0.0530. The molecule has 0 fully saturated rings. The predicted molar refractivity (Wildman–Crippen MR) is 72.2 cm³/mol. The van der Waals surface area contributed by atoms with Crippen molar-refractivity contribution in [3.8, 4) is 0 Å². The van der Waals surface area contributed by atoms with Gasteiger partial charge in [-0.25, -0.2) is 0 Å². The number of aryl methyl sites for hydroxylation is 1. The first-order valence-electron chi connectivity index (χ1n) is 6.28. The summed E-state index contributed by atoms with van der Waals surface area (Å²) in [6.45, 7) is 3.85. The SMILES string of the molecule is CCCn1nccc1CNc1ccccc1CO. The summed E-state index contributed by atoms with van der Waals surface area (Å²) < 4.78 is 2.01. The summed E-state index contributed by atoms with van der Waals surface area (Å²) >= 11 is 0. The summed E-state index contributed by atoms with van der Waals surface area (Å²) in [5, 5.41) is 16.9. The highest BCUT2D eigenvalue weighted by molar-refractivity contribution is 5.50. The molecule has 96 valence electrons. The van der Waals surface area contributed by atoms with Gasteiger partial charge in [0.15, 0.2) is 0 Å². The second kappa shape index (κ2) is 6.21. The fraction of sp³-hybridized carbons (Fsp3) is 0.357. The van der Waals surface area contributed by atoms with Crippen LogP contribution in [0.2, 0.25) is 0 Å². The molecule has 0 aliphatic carbocycles. The highest BCUT2D eigenvalue weighted by atomic mass is 16.3. The molecule has 0 amide bonds. The summed E-state index contributed by atoms with van der Waals surface area (Å²) in [5.74, 6) is 0. The molecule has 0 saturated carbocycles. The summed E-state index contributed by atoms with van der Waals surface area (Å²) in [4.78, 5) is 0. The summed E-state index contributed by atoms with van der Waals surface area (Å²) in [5.41, 5.74) is 3.05. The molecule has 0 aliphatic rings. The minimum Gasteiger partial charge on any atom is -0.392 e. The molecular formula is C14H19N3O. The first-order valence-corrected chi connectivity index (χ1v) is 6.28. The number of aromatic nitrogens is 2. The standard InChI is InChI=1S/C14H19N3O/c1-2-9-17-13(7-8-16-17)10-15-14-6-4-3-5-12(14)11-18/h3-8,15,18H,2,9-11H2,1H3. The number of rotatable bonds is 6. The molecule has 0 atom stereocenters. The van der Waals surface area contributed by atoms with Gasteiger partial charge in [-0.2, -0.15) is 5.10 Å². The van der Waals surface area contributed by atoms with E-state index in [2.05, 4.69) is 17.3 Å². The third kappa shape index (κ3) is 2.90. The number of benzene rings is 1. The van der Waals surface area contributed by atoms with Gasteiger partial charge < -0.3 is 10.4 Å². The lowest BCUT2D eigenvalue weighted by Crippen LogP contribution is -2.09. The molecule has 1 aromatic heterocycles. The Hall–Kier alpha value is -1.81. The van der Waals surface area contributed by atoms with Gasteiger partial charge >= 0.3 is 0 Å². The van der Waals surface area contributed by atoms with Crippen molar-refractivity contribution >= 4 is 5.69 Å². The van der Waals surface area contributed by atoms with Crippen molar-refractivity contribution in [2.75, 3.05) is 5.32 Å². The van der Waals surface area contributed by atoms with Crippen LogP contribution >= 0.6 is 0 Å². The first kappa shape index (κ1) is 12.6. The van der Waals surface area contributed by atoms with Crippen molar-refractivity contribution in [3.05, 3.63) is 47.8 Å². The van der Waals surface area contributed by atoms with E-state index in [-0.39, 0.29) is 6.61 Å². The van der Waals surface area contributed by atoms with Gasteiger partial charge in [0.2, 0.25) is 0 Å². The summed E-state index contributed by atoms with van der Waals surface area (Å²) in [6, 6.07) is 9.81. The molecule has 0 unspecified atom stereocenters. The van der Waals surface area contributed by atoms with E-state index in [1.165, 1.54) is 0 Å². The number of nitrogens with zero attached hydrogens (tertiary/aromatic N) is 2. The molecule has 2 rings (SSSR count). The molecule has 0 radical (unpaired) electrons. The van der Waals surface area contributed by atoms with Crippen molar-refractivity contribution in [3.63, 3.8) is 0 Å². The van der Waals surface area contributed by atoms with Gasteiger partial charge in [-0.15, -0.1) is 0 Å². The number of nitrogens with one attached hydrogen (secondary N) is 1. The minimum absolute atomic E-state index is 0.0530. The van der Waals surface area contributed by atoms with Gasteiger partial charge in [0.05, 0.1) is 18.8 Å². The van der Waals surface area contributed by atoms with Crippen LogP contribution in [0.25, 0.3) is 0 Å². The second-order valence-electron chi connectivity index (χ2n) is 4.21. The molecule has 0 saturated heterocycles. The number of anilines is 1. The largest absolute Gasteiger partial charge is 0.392 e. The lowest BCUT2D eigenvalue weighted by Gasteiger charge is -2.11. The number of para-hydroxylation sites is 1. The van der Waals surface area contributed by atoms with Crippen LogP contribution in [-0.4, -0.2) is 14.9 Å². The fourth-order valence-electron chi connectivity index (χ4n) is 1.94. The van der Waals surface area contributed by atoms with Crippen LogP contribution in [0.3, 0.4) is 0 Å². The Balaban J connectivity index is 2.04. The Morgan fingerprint density at radius 1 is 1.28 bits per heavy atom. The topological polar surface area (TPSA) is 50.1 Å². The van der Waals surface area contributed by atoms with Crippen LogP contribution in [0, 0.1) is 0 Å². The third-order valence-electron chi connectivity index (χ3n) is 2.89. The molecule has 18 heavy (non-hydrogen) atoms. The van der Waals surface area contributed by atoms with Crippen molar-refractivity contribution in [1.29, 1.82) is 0 Å². The van der Waals surface area contributed by atoms with Crippen LogP contribution in [0.4, 0.5) is 5.69 Å². The van der Waals surface area contributed by atoms with E-state index in [1.807, 2.05) is 41.2 Å². The third-order valence-corrected chi connectivity index (χ3v) is 2.89. The smallest absolute Gasteiger partial charge is 0.0701 e. The first-order chi connectivity index (χ1) is 8.85. The molecule has 0 spiro atoms. The Morgan fingerprint density at radius 2 is 2.11 bits per heavy atom. The molecule has 4 nitrogen and oxygen atoms in total. The van der Waals surface area contributed by atoms with Gasteiger partial charge in [0.25, 0.3) is 0 Å². The second-order valence-corrected chi connectivity index (χ2v) is 4.21. The van der Waals surface area contributed by atoms with Crippen LogP contribution in [0.15, 0.2) is 36.5 Å². The fourth-order valence-corrected chi connectivity index (χ4v) is 1.94. The van der Waals surface area contributed by atoms with E-state index in [1.54, 1.807) is 0 Å². The van der Waals surface area contributed by atoms with E-state index >= 15 is 0 Å². The van der Waals surface area contributed by atoms with Gasteiger partial charge in [-0.3, -0.25) is 4.68 Å². The maximum Gasteiger partial charge on any atom is 0.0701 e. The maximum absolute atomic E-state index is 9.26. The van der Waals surface area contributed by atoms with Crippen LogP contribution in [0.5, 0.6) is 0 Å². The highest BCUT2D eigenvalue weighted by Crippen LogP contribution is 2.15. The lowest BCUT2D eigenvalue weighted by molar-refractivity contribution is 0.282. The Labute approximate surface area is 107 Å². The highest BCUT2D eigenvalue weighted by Gasteiger charge is 2.03. The molecule has 2 N–H and O–H groups in total. The Morgan fingerprint density at radius 3 is 2.89 bits per heavy atom. The maximum atomic E-state index is 9.26. The Kier molecular flexibility index (Phi) is 4.36. The average molecular weight is 245 g/mol. The van der Waals surface area contributed by atoms with Gasteiger partial charge in [-0.05, 0) is 18.6 Å². The summed E-state index contributed by atoms with van der Waals surface area (Å²) in [6.07, 6.45) is 2.90. The molecule has 0 bridgehead atoms. The summed E-state index contributed by atoms with van der Waals surface area (Å²) in [7, 11) is 0. The lowest BCUT2D eigenvalue weighted by atomic mass is 10.2. The molecule has 2 aromatic rings. The number of hydrogen-bond donors (Lipinski definition) is 2. The van der Waals surface area contributed by atoms with Crippen LogP contribution < -0.4 is 5.32 Å². The van der Waals surface area contributed by atoms with Crippen molar-refractivity contribution in [2.24, 2.45) is 0 Å². The average Bonchev–Trinajstić information content (AvgIpc) is 2.84. The van der Waals surface area contributed by atoms with Gasteiger partial charge in [0, 0.05) is 24.0 Å². The predicted octanol–water partition coefficient (Wildman–Crippen LogP) is 2.40. The van der Waals surface area contributed by atoms with Gasteiger partial charge in [-0.1, -0.05) is 25.1 Å². The van der Waals surface area contributed by atoms with E-state index in [0.29, 0.717) is 0 Å². The van der Waals surface area contributed by atoms with Crippen molar-refractivity contribution in [2.45, 2.75) is 33.0 Å². The van der Waals surface area contributed by atoms with E-state index in [9.17, 15) is 5.11 Å². The Bertz CT molecular complexity index is 493. The van der Waals surface area contributed by atoms with E-state index in [0.717, 1.165) is 36.5 Å². The zero-order valence-electron chi connectivity index (χ0n) is 10.6. The van der Waals surface area contributed by atoms with Crippen LogP contribution in [-0.2, 0) is 19.7 Å². The zero-order valence-corrected chi connectivity index (χ0v) is 10.6. The number of aliphatic hydroxyl groups is 1. The van der Waals surface area contributed by atoms with Crippen molar-refractivity contribution < 1.29 is 5.11 Å². The molecule has 4 heteroatoms. The van der Waals surface area contributed by atoms with Crippen LogP contribution in [0.1, 0.15) is 24.6 Å². The molecular weight excluding hydrogens is 226 g/mol. The monoisotopic (exact) mass is 245 g/mol. The number of aliphatic hydroxyl groups excluding tert-OH is 1. The van der Waals surface area contributed by atoms with Crippen molar-refractivity contribution in [1.82, 2.24) is 9.78 Å². The molecule has 1 heterocycles. The zero-order chi connectivity index (χ0) is 12.8. The van der Waals surface area contributed by atoms with Gasteiger partial charge in [0.1, 0.15) is 0 Å². The quantitative estimate of drug-likeness (QED) is 0.821. The van der Waals surface area contributed by atoms with E-state index < -0.39 is 0 Å².